The molecule has 3 rings (SSSR count). The monoisotopic (exact) mass is 288 g/mol. The van der Waals surface area contributed by atoms with Crippen LogP contribution in [0.25, 0.3) is 0 Å². The second-order valence-electron chi connectivity index (χ2n) is 4.85. The molecule has 0 radical (unpaired) electrons. The summed E-state index contributed by atoms with van der Waals surface area (Å²) in [6, 6.07) is 0. The van der Waals surface area contributed by atoms with Gasteiger partial charge >= 0.3 is 0 Å². The van der Waals surface area contributed by atoms with Crippen LogP contribution in [0.1, 0.15) is 12.6 Å². The standard InChI is InChI=1S/C14H17FN6/c1-2-11-13(15)14(19-10-18-11)21-7-5-20(6-8-21)12-9-16-3-4-17-12/h3-4,9-10H,2,5-8H2,1H3. The molecule has 1 aliphatic rings. The van der Waals surface area contributed by atoms with Crippen molar-refractivity contribution in [3.8, 4) is 0 Å². The minimum absolute atomic E-state index is 0.298. The molecule has 0 atom stereocenters. The van der Waals surface area contributed by atoms with Crippen LogP contribution in [0, 0.1) is 5.82 Å². The Hall–Kier alpha value is -2.31. The van der Waals surface area contributed by atoms with Gasteiger partial charge in [-0.05, 0) is 6.42 Å². The first-order valence-corrected chi connectivity index (χ1v) is 7.05. The van der Waals surface area contributed by atoms with Crippen molar-refractivity contribution in [3.05, 3.63) is 36.4 Å². The van der Waals surface area contributed by atoms with Gasteiger partial charge in [0.1, 0.15) is 12.1 Å². The molecule has 1 saturated heterocycles. The van der Waals surface area contributed by atoms with Crippen molar-refractivity contribution >= 4 is 11.6 Å². The minimum Gasteiger partial charge on any atom is -0.352 e. The Bertz CT molecular complexity index is 598. The maximum Gasteiger partial charge on any atom is 0.187 e. The van der Waals surface area contributed by atoms with Gasteiger partial charge < -0.3 is 9.80 Å². The van der Waals surface area contributed by atoms with Crippen LogP contribution in [0.5, 0.6) is 0 Å². The lowest BCUT2D eigenvalue weighted by Gasteiger charge is -2.35. The molecule has 1 fully saturated rings. The fraction of sp³-hybridized carbons (Fsp3) is 0.429. The number of hydrogen-bond donors (Lipinski definition) is 0. The Morgan fingerprint density at radius 2 is 1.81 bits per heavy atom. The summed E-state index contributed by atoms with van der Waals surface area (Å²) < 4.78 is 14.3. The lowest BCUT2D eigenvalue weighted by atomic mass is 10.2. The molecule has 0 N–H and O–H groups in total. The smallest absolute Gasteiger partial charge is 0.187 e. The molecule has 21 heavy (non-hydrogen) atoms. The first-order valence-electron chi connectivity index (χ1n) is 7.05. The number of nitrogens with zero attached hydrogens (tertiary/aromatic N) is 6. The summed E-state index contributed by atoms with van der Waals surface area (Å²) in [6.45, 7) is 4.83. The zero-order chi connectivity index (χ0) is 14.7. The van der Waals surface area contributed by atoms with Crippen LogP contribution in [0.4, 0.5) is 16.0 Å². The summed E-state index contributed by atoms with van der Waals surface area (Å²) in [4.78, 5) is 20.5. The van der Waals surface area contributed by atoms with Crippen LogP contribution in [0.3, 0.4) is 0 Å². The van der Waals surface area contributed by atoms with E-state index in [-0.39, 0.29) is 5.82 Å². The summed E-state index contributed by atoms with van der Waals surface area (Å²) in [6.07, 6.45) is 7.09. The minimum atomic E-state index is -0.298. The fourth-order valence-corrected chi connectivity index (χ4v) is 2.46. The van der Waals surface area contributed by atoms with E-state index in [0.29, 0.717) is 31.0 Å². The zero-order valence-corrected chi connectivity index (χ0v) is 11.9. The SMILES string of the molecule is CCc1ncnc(N2CCN(c3cnccn3)CC2)c1F. The lowest BCUT2D eigenvalue weighted by Crippen LogP contribution is -2.47. The molecule has 3 heterocycles. The molecule has 0 bridgehead atoms. The maximum absolute atomic E-state index is 14.3. The topological polar surface area (TPSA) is 58.0 Å². The van der Waals surface area contributed by atoms with Gasteiger partial charge in [0.15, 0.2) is 11.6 Å². The quantitative estimate of drug-likeness (QED) is 0.848. The van der Waals surface area contributed by atoms with Crippen LogP contribution in [0.15, 0.2) is 24.9 Å². The third-order valence-electron chi connectivity index (χ3n) is 3.63. The molecular weight excluding hydrogens is 271 g/mol. The van der Waals surface area contributed by atoms with E-state index >= 15 is 0 Å². The van der Waals surface area contributed by atoms with E-state index in [2.05, 4.69) is 24.8 Å². The fourth-order valence-electron chi connectivity index (χ4n) is 2.46. The highest BCUT2D eigenvalue weighted by Gasteiger charge is 2.22. The highest BCUT2D eigenvalue weighted by Crippen LogP contribution is 2.21. The molecule has 110 valence electrons. The summed E-state index contributed by atoms with van der Waals surface area (Å²) in [5, 5.41) is 0. The summed E-state index contributed by atoms with van der Waals surface area (Å²) in [7, 11) is 0. The normalized spacial score (nSPS) is 15.3. The molecule has 0 unspecified atom stereocenters. The molecule has 0 spiro atoms. The molecule has 0 aromatic carbocycles. The van der Waals surface area contributed by atoms with Crippen molar-refractivity contribution in [2.75, 3.05) is 36.0 Å². The van der Waals surface area contributed by atoms with Gasteiger partial charge in [-0.1, -0.05) is 6.92 Å². The highest BCUT2D eigenvalue weighted by atomic mass is 19.1. The summed E-state index contributed by atoms with van der Waals surface area (Å²) in [5.41, 5.74) is 0.469. The molecule has 1 aliphatic heterocycles. The molecule has 0 aliphatic carbocycles. The molecular formula is C14H17FN6. The Morgan fingerprint density at radius 3 is 2.48 bits per heavy atom. The Morgan fingerprint density at radius 1 is 1.05 bits per heavy atom. The van der Waals surface area contributed by atoms with Gasteiger partial charge in [-0.25, -0.2) is 19.3 Å². The zero-order valence-electron chi connectivity index (χ0n) is 11.9. The van der Waals surface area contributed by atoms with Gasteiger partial charge in [-0.2, -0.15) is 0 Å². The van der Waals surface area contributed by atoms with Gasteiger partial charge in [0.05, 0.1) is 11.9 Å². The number of halogens is 1. The van der Waals surface area contributed by atoms with Crippen molar-refractivity contribution in [3.63, 3.8) is 0 Å². The Kier molecular flexibility index (Phi) is 3.89. The van der Waals surface area contributed by atoms with Crippen LogP contribution in [-0.4, -0.2) is 46.1 Å². The lowest BCUT2D eigenvalue weighted by molar-refractivity contribution is 0.567. The van der Waals surface area contributed by atoms with Crippen molar-refractivity contribution in [1.82, 2.24) is 19.9 Å². The average molecular weight is 288 g/mol. The number of anilines is 2. The third-order valence-corrected chi connectivity index (χ3v) is 3.63. The second-order valence-corrected chi connectivity index (χ2v) is 4.85. The summed E-state index contributed by atoms with van der Waals surface area (Å²) >= 11 is 0. The largest absolute Gasteiger partial charge is 0.352 e. The summed E-state index contributed by atoms with van der Waals surface area (Å²) in [5.74, 6) is 0.961. The van der Waals surface area contributed by atoms with Gasteiger partial charge in [0.25, 0.3) is 0 Å². The highest BCUT2D eigenvalue weighted by molar-refractivity contribution is 5.45. The number of aromatic nitrogens is 4. The number of rotatable bonds is 3. The molecule has 2 aromatic heterocycles. The van der Waals surface area contributed by atoms with Crippen LogP contribution in [-0.2, 0) is 6.42 Å². The van der Waals surface area contributed by atoms with E-state index in [0.717, 1.165) is 18.9 Å². The Balaban J connectivity index is 1.72. The van der Waals surface area contributed by atoms with E-state index in [1.807, 2.05) is 11.8 Å². The van der Waals surface area contributed by atoms with E-state index in [1.54, 1.807) is 18.6 Å². The maximum atomic E-state index is 14.3. The molecule has 0 amide bonds. The first-order chi connectivity index (χ1) is 10.3. The first kappa shape index (κ1) is 13.7. The third kappa shape index (κ3) is 2.76. The predicted molar refractivity (Wildman–Crippen MR) is 77.8 cm³/mol. The number of aryl methyl sites for hydroxylation is 1. The van der Waals surface area contributed by atoms with Crippen molar-refractivity contribution in [2.24, 2.45) is 0 Å². The van der Waals surface area contributed by atoms with Gasteiger partial charge in [-0.15, -0.1) is 0 Å². The molecule has 6 nitrogen and oxygen atoms in total. The van der Waals surface area contributed by atoms with E-state index in [9.17, 15) is 4.39 Å². The van der Waals surface area contributed by atoms with Crippen LogP contribution in [0.2, 0.25) is 0 Å². The van der Waals surface area contributed by atoms with E-state index in [1.165, 1.54) is 6.33 Å². The molecule has 0 saturated carbocycles. The van der Waals surface area contributed by atoms with E-state index in [4.69, 9.17) is 0 Å². The van der Waals surface area contributed by atoms with Crippen molar-refractivity contribution < 1.29 is 4.39 Å². The van der Waals surface area contributed by atoms with Crippen LogP contribution >= 0.6 is 0 Å². The predicted octanol–water partition coefficient (Wildman–Crippen LogP) is 1.29. The average Bonchev–Trinajstić information content (AvgIpc) is 2.56. The Labute approximate surface area is 122 Å². The van der Waals surface area contributed by atoms with Crippen molar-refractivity contribution in [2.45, 2.75) is 13.3 Å². The number of hydrogen-bond acceptors (Lipinski definition) is 6. The molecule has 7 heteroatoms. The van der Waals surface area contributed by atoms with Gasteiger partial charge in [0, 0.05) is 38.6 Å². The van der Waals surface area contributed by atoms with E-state index < -0.39 is 0 Å². The number of piperazine rings is 1. The van der Waals surface area contributed by atoms with Crippen LogP contribution < -0.4 is 9.80 Å². The van der Waals surface area contributed by atoms with Gasteiger partial charge in [0.2, 0.25) is 0 Å². The second kappa shape index (κ2) is 5.99. The van der Waals surface area contributed by atoms with Gasteiger partial charge in [-0.3, -0.25) is 4.98 Å². The van der Waals surface area contributed by atoms with Crippen molar-refractivity contribution in [1.29, 1.82) is 0 Å². The molecule has 2 aromatic rings.